The van der Waals surface area contributed by atoms with E-state index in [1.165, 1.54) is 12.1 Å². The summed E-state index contributed by atoms with van der Waals surface area (Å²) in [5.41, 5.74) is 2.15. The molecule has 0 bridgehead atoms. The molecule has 31 heavy (non-hydrogen) atoms. The molecule has 0 saturated carbocycles. The van der Waals surface area contributed by atoms with Gasteiger partial charge in [0.15, 0.2) is 0 Å². The highest BCUT2D eigenvalue weighted by molar-refractivity contribution is 7.90. The number of hydrogen-bond donors (Lipinski definition) is 3. The van der Waals surface area contributed by atoms with Gasteiger partial charge in [0, 0.05) is 18.7 Å². The molecule has 164 valence electrons. The monoisotopic (exact) mass is 444 g/mol. The van der Waals surface area contributed by atoms with E-state index in [-0.39, 0.29) is 23.9 Å². The lowest BCUT2D eigenvalue weighted by atomic mass is 10.1. The number of carbonyl (C=O) groups is 3. The number of urea groups is 2. The van der Waals surface area contributed by atoms with Crippen LogP contribution in [0, 0.1) is 0 Å². The number of nitrogens with one attached hydrogen (secondary N) is 3. The number of imide groups is 1. The van der Waals surface area contributed by atoms with Crippen molar-refractivity contribution >= 4 is 28.0 Å². The minimum absolute atomic E-state index is 0.0349. The highest BCUT2D eigenvalue weighted by Crippen LogP contribution is 2.22. The van der Waals surface area contributed by atoms with Gasteiger partial charge in [0.1, 0.15) is 0 Å². The maximum Gasteiger partial charge on any atom is 0.328 e. The van der Waals surface area contributed by atoms with Crippen LogP contribution < -0.4 is 15.4 Å². The van der Waals surface area contributed by atoms with Crippen LogP contribution in [0.25, 0.3) is 0 Å². The van der Waals surface area contributed by atoms with Crippen LogP contribution in [-0.4, -0.2) is 44.4 Å². The maximum atomic E-state index is 12.3. The molecule has 2 aromatic carbocycles. The molecule has 1 aliphatic rings. The van der Waals surface area contributed by atoms with E-state index >= 15 is 0 Å². The molecular formula is C21H24N4O5S. The Morgan fingerprint density at radius 3 is 2.39 bits per heavy atom. The quantitative estimate of drug-likeness (QED) is 0.602. The number of amides is 5. The van der Waals surface area contributed by atoms with Gasteiger partial charge in [0.2, 0.25) is 0 Å². The molecule has 1 aliphatic heterocycles. The molecule has 3 N–H and O–H groups in total. The largest absolute Gasteiger partial charge is 0.337 e. The van der Waals surface area contributed by atoms with E-state index in [1.54, 1.807) is 24.3 Å². The topological polar surface area (TPSA) is 125 Å². The van der Waals surface area contributed by atoms with Crippen LogP contribution in [-0.2, 0) is 23.0 Å². The number of nitrogens with zero attached hydrogens (tertiary/aromatic N) is 1. The molecule has 0 atom stereocenters. The second kappa shape index (κ2) is 9.61. The molecule has 2 aromatic rings. The van der Waals surface area contributed by atoms with E-state index < -0.39 is 22.1 Å². The second-order valence-electron chi connectivity index (χ2n) is 7.04. The molecule has 1 heterocycles. The van der Waals surface area contributed by atoms with Crippen molar-refractivity contribution in [2.45, 2.75) is 31.2 Å². The van der Waals surface area contributed by atoms with Crippen LogP contribution in [0.3, 0.4) is 0 Å². The van der Waals surface area contributed by atoms with Crippen LogP contribution in [0.1, 0.15) is 34.8 Å². The molecule has 0 spiro atoms. The molecule has 0 aliphatic carbocycles. The molecule has 10 heteroatoms. The number of benzene rings is 2. The van der Waals surface area contributed by atoms with Crippen molar-refractivity contribution in [3.63, 3.8) is 0 Å². The van der Waals surface area contributed by atoms with Crippen LogP contribution in [0.2, 0.25) is 0 Å². The molecule has 0 radical (unpaired) electrons. The first-order valence-corrected chi connectivity index (χ1v) is 11.4. The van der Waals surface area contributed by atoms with Crippen LogP contribution >= 0.6 is 0 Å². The lowest BCUT2D eigenvalue weighted by Gasteiger charge is -2.15. The smallest absolute Gasteiger partial charge is 0.328 e. The van der Waals surface area contributed by atoms with Gasteiger partial charge in [-0.05, 0) is 42.2 Å². The van der Waals surface area contributed by atoms with Gasteiger partial charge in [-0.25, -0.2) is 22.7 Å². The lowest BCUT2D eigenvalue weighted by molar-refractivity contribution is 0.0821. The van der Waals surface area contributed by atoms with Gasteiger partial charge in [-0.15, -0.1) is 0 Å². The van der Waals surface area contributed by atoms with Crippen LogP contribution in [0.15, 0.2) is 53.4 Å². The minimum Gasteiger partial charge on any atom is -0.337 e. The Kier molecular flexibility index (Phi) is 6.91. The Balaban J connectivity index is 1.50. The molecule has 9 nitrogen and oxygen atoms in total. The van der Waals surface area contributed by atoms with Crippen molar-refractivity contribution in [1.82, 2.24) is 20.3 Å². The van der Waals surface area contributed by atoms with Crippen molar-refractivity contribution in [3.8, 4) is 0 Å². The summed E-state index contributed by atoms with van der Waals surface area (Å²) in [5.74, 6) is -0.321. The first kappa shape index (κ1) is 22.3. The van der Waals surface area contributed by atoms with Gasteiger partial charge in [-0.3, -0.25) is 9.69 Å². The standard InChI is InChI=1S/C21H24N4O5S/c1-2-12-22-20(27)24-31(29,30)17-9-7-15(8-10-17)11-13-23-21(28)25-14-16-5-3-4-6-18(16)19(25)26/h3-10H,2,11-14H2,1H3,(H,23,28)(H2,22,24,27). The molecule has 0 unspecified atom stereocenters. The van der Waals surface area contributed by atoms with Gasteiger partial charge in [0.25, 0.3) is 15.9 Å². The van der Waals surface area contributed by atoms with Crippen molar-refractivity contribution in [2.75, 3.05) is 13.1 Å². The van der Waals surface area contributed by atoms with Gasteiger partial charge in [-0.1, -0.05) is 37.3 Å². The predicted octanol–water partition coefficient (Wildman–Crippen LogP) is 1.99. The zero-order chi connectivity index (χ0) is 22.4. The minimum atomic E-state index is -3.96. The summed E-state index contributed by atoms with van der Waals surface area (Å²) in [7, 11) is -3.96. The molecule has 0 fully saturated rings. The van der Waals surface area contributed by atoms with Crippen molar-refractivity contribution < 1.29 is 22.8 Å². The summed E-state index contributed by atoms with van der Waals surface area (Å²) in [4.78, 5) is 37.4. The van der Waals surface area contributed by atoms with E-state index in [4.69, 9.17) is 0 Å². The summed E-state index contributed by atoms with van der Waals surface area (Å²) in [5, 5.41) is 5.15. The fraction of sp³-hybridized carbons (Fsp3) is 0.286. The fourth-order valence-electron chi connectivity index (χ4n) is 3.12. The van der Waals surface area contributed by atoms with E-state index in [0.29, 0.717) is 24.9 Å². The van der Waals surface area contributed by atoms with E-state index in [1.807, 2.05) is 23.8 Å². The number of fused-ring (bicyclic) bond motifs is 1. The third-order valence-corrected chi connectivity index (χ3v) is 6.10. The average Bonchev–Trinajstić information content (AvgIpc) is 3.09. The summed E-state index contributed by atoms with van der Waals surface area (Å²) < 4.78 is 26.4. The second-order valence-corrected chi connectivity index (χ2v) is 8.72. The summed E-state index contributed by atoms with van der Waals surface area (Å²) in [6.45, 7) is 2.76. The zero-order valence-electron chi connectivity index (χ0n) is 17.1. The Bertz CT molecular complexity index is 1080. The molecule has 3 rings (SSSR count). The Morgan fingerprint density at radius 2 is 1.71 bits per heavy atom. The Morgan fingerprint density at radius 1 is 1.00 bits per heavy atom. The lowest BCUT2D eigenvalue weighted by Crippen LogP contribution is -2.40. The average molecular weight is 445 g/mol. The van der Waals surface area contributed by atoms with Gasteiger partial charge in [0.05, 0.1) is 11.4 Å². The van der Waals surface area contributed by atoms with Gasteiger partial charge < -0.3 is 10.6 Å². The van der Waals surface area contributed by atoms with Crippen molar-refractivity contribution in [3.05, 3.63) is 65.2 Å². The SMILES string of the molecule is CCCNC(=O)NS(=O)(=O)c1ccc(CCNC(=O)N2Cc3ccccc3C2=O)cc1. The summed E-state index contributed by atoms with van der Waals surface area (Å²) in [6, 6.07) is 11.9. The van der Waals surface area contributed by atoms with Crippen molar-refractivity contribution in [2.24, 2.45) is 0 Å². The van der Waals surface area contributed by atoms with E-state index in [9.17, 15) is 22.8 Å². The van der Waals surface area contributed by atoms with Gasteiger partial charge in [-0.2, -0.15) is 0 Å². The number of carbonyl (C=O) groups excluding carboxylic acids is 3. The highest BCUT2D eigenvalue weighted by Gasteiger charge is 2.31. The predicted molar refractivity (Wildman–Crippen MR) is 114 cm³/mol. The molecule has 0 saturated heterocycles. The Labute approximate surface area is 180 Å². The fourth-order valence-corrected chi connectivity index (χ4v) is 4.05. The van der Waals surface area contributed by atoms with Crippen molar-refractivity contribution in [1.29, 1.82) is 0 Å². The Hall–Kier alpha value is -3.40. The number of sulfonamides is 1. The normalized spacial score (nSPS) is 12.9. The zero-order valence-corrected chi connectivity index (χ0v) is 17.9. The first-order chi connectivity index (χ1) is 14.8. The van der Waals surface area contributed by atoms with E-state index in [2.05, 4.69) is 10.6 Å². The molecule has 5 amide bonds. The van der Waals surface area contributed by atoms with Gasteiger partial charge >= 0.3 is 12.1 Å². The summed E-state index contributed by atoms with van der Waals surface area (Å²) in [6.07, 6.45) is 1.14. The third kappa shape index (κ3) is 5.40. The highest BCUT2D eigenvalue weighted by atomic mass is 32.2. The first-order valence-electron chi connectivity index (χ1n) is 9.89. The number of rotatable bonds is 7. The molecular weight excluding hydrogens is 420 g/mol. The third-order valence-electron chi connectivity index (χ3n) is 4.75. The number of hydrogen-bond acceptors (Lipinski definition) is 5. The summed E-state index contributed by atoms with van der Waals surface area (Å²) >= 11 is 0. The van der Waals surface area contributed by atoms with E-state index in [0.717, 1.165) is 16.0 Å². The van der Waals surface area contributed by atoms with Crippen LogP contribution in [0.5, 0.6) is 0 Å². The van der Waals surface area contributed by atoms with Crippen LogP contribution in [0.4, 0.5) is 9.59 Å². The maximum absolute atomic E-state index is 12.3. The molecule has 0 aromatic heterocycles.